The number of likely N-dealkylation sites (tertiary alicyclic amines) is 1. The Kier molecular flexibility index (Phi) is 5.23. The van der Waals surface area contributed by atoms with Crippen molar-refractivity contribution in [3.63, 3.8) is 0 Å². The Morgan fingerprint density at radius 1 is 1.28 bits per heavy atom. The lowest BCUT2D eigenvalue weighted by atomic mass is 10.1. The number of aromatic nitrogens is 3. The van der Waals surface area contributed by atoms with E-state index in [-0.39, 0.29) is 18.6 Å². The van der Waals surface area contributed by atoms with Gasteiger partial charge in [-0.3, -0.25) is 4.79 Å². The molecule has 7 heteroatoms. The molecule has 25 heavy (non-hydrogen) atoms. The van der Waals surface area contributed by atoms with E-state index in [9.17, 15) is 4.79 Å². The predicted molar refractivity (Wildman–Crippen MR) is 94.6 cm³/mol. The number of hydrogen-bond donors (Lipinski definition) is 1. The summed E-state index contributed by atoms with van der Waals surface area (Å²) in [4.78, 5) is 27.5. The number of rotatable bonds is 5. The van der Waals surface area contributed by atoms with Crippen LogP contribution in [-0.4, -0.2) is 46.0 Å². The third kappa shape index (κ3) is 4.11. The van der Waals surface area contributed by atoms with Crippen molar-refractivity contribution in [2.24, 2.45) is 0 Å². The van der Waals surface area contributed by atoms with E-state index < -0.39 is 0 Å². The van der Waals surface area contributed by atoms with Gasteiger partial charge in [0, 0.05) is 25.0 Å². The number of aryl methyl sites for hydroxylation is 2. The van der Waals surface area contributed by atoms with Crippen molar-refractivity contribution in [3.8, 4) is 0 Å². The molecule has 0 saturated carbocycles. The maximum atomic E-state index is 12.2. The SMILES string of the molecule is COCC(=O)N1CCCC1c1cccc(Nc2nc(C)cc(C)n2)n1. The summed E-state index contributed by atoms with van der Waals surface area (Å²) in [7, 11) is 1.54. The first-order chi connectivity index (χ1) is 12.1. The molecule has 0 bridgehead atoms. The number of anilines is 2. The molecule has 1 N–H and O–H groups in total. The van der Waals surface area contributed by atoms with Crippen LogP contribution in [0.25, 0.3) is 0 Å². The molecule has 132 valence electrons. The van der Waals surface area contributed by atoms with Crippen LogP contribution < -0.4 is 5.32 Å². The van der Waals surface area contributed by atoms with E-state index in [4.69, 9.17) is 4.74 Å². The number of hydrogen-bond acceptors (Lipinski definition) is 6. The van der Waals surface area contributed by atoms with E-state index in [1.54, 1.807) is 0 Å². The summed E-state index contributed by atoms with van der Waals surface area (Å²) in [5.74, 6) is 1.21. The molecule has 1 amide bonds. The summed E-state index contributed by atoms with van der Waals surface area (Å²) in [6.45, 7) is 4.71. The zero-order chi connectivity index (χ0) is 17.8. The molecule has 2 aromatic rings. The minimum absolute atomic E-state index is 0.00260. The van der Waals surface area contributed by atoms with Crippen molar-refractivity contribution in [1.29, 1.82) is 0 Å². The third-order valence-electron chi connectivity index (χ3n) is 4.18. The number of carbonyl (C=O) groups excluding carboxylic acids is 1. The average Bonchev–Trinajstić information content (AvgIpc) is 3.04. The molecule has 1 aliphatic rings. The van der Waals surface area contributed by atoms with Crippen LogP contribution >= 0.6 is 0 Å². The van der Waals surface area contributed by atoms with Gasteiger partial charge in [-0.15, -0.1) is 0 Å². The minimum Gasteiger partial charge on any atom is -0.375 e. The van der Waals surface area contributed by atoms with Crippen LogP contribution in [0.15, 0.2) is 24.3 Å². The molecule has 7 nitrogen and oxygen atoms in total. The normalized spacial score (nSPS) is 16.9. The fourth-order valence-corrected chi connectivity index (χ4v) is 3.18. The van der Waals surface area contributed by atoms with Gasteiger partial charge in [-0.05, 0) is 44.9 Å². The van der Waals surface area contributed by atoms with Gasteiger partial charge in [0.2, 0.25) is 11.9 Å². The number of amides is 1. The van der Waals surface area contributed by atoms with Crippen molar-refractivity contribution in [3.05, 3.63) is 41.3 Å². The van der Waals surface area contributed by atoms with E-state index in [1.807, 2.05) is 43.0 Å². The monoisotopic (exact) mass is 341 g/mol. The highest BCUT2D eigenvalue weighted by molar-refractivity contribution is 5.78. The molecule has 0 radical (unpaired) electrons. The molecule has 0 aliphatic carbocycles. The Balaban J connectivity index is 1.80. The van der Waals surface area contributed by atoms with E-state index in [0.717, 1.165) is 36.5 Å². The topological polar surface area (TPSA) is 80.2 Å². The van der Waals surface area contributed by atoms with Gasteiger partial charge in [0.05, 0.1) is 11.7 Å². The summed E-state index contributed by atoms with van der Waals surface area (Å²) < 4.78 is 4.98. The van der Waals surface area contributed by atoms with Gasteiger partial charge in [0.1, 0.15) is 12.4 Å². The molecule has 1 atom stereocenters. The molecule has 0 aromatic carbocycles. The Labute approximate surface area is 147 Å². The second-order valence-corrected chi connectivity index (χ2v) is 6.23. The Hall–Kier alpha value is -2.54. The summed E-state index contributed by atoms with van der Waals surface area (Å²) in [5.41, 5.74) is 2.67. The molecule has 1 saturated heterocycles. The van der Waals surface area contributed by atoms with Gasteiger partial charge in [0.15, 0.2) is 0 Å². The number of pyridine rings is 1. The van der Waals surface area contributed by atoms with Crippen LogP contribution in [-0.2, 0) is 9.53 Å². The third-order valence-corrected chi connectivity index (χ3v) is 4.18. The second-order valence-electron chi connectivity index (χ2n) is 6.23. The molecule has 1 unspecified atom stereocenters. The number of ether oxygens (including phenoxy) is 1. The molecule has 3 rings (SSSR count). The lowest BCUT2D eigenvalue weighted by Gasteiger charge is -2.24. The van der Waals surface area contributed by atoms with Crippen LogP contribution in [0.2, 0.25) is 0 Å². The van der Waals surface area contributed by atoms with Gasteiger partial charge in [0.25, 0.3) is 0 Å². The number of carbonyl (C=O) groups is 1. The first kappa shape index (κ1) is 17.3. The van der Waals surface area contributed by atoms with Gasteiger partial charge in [-0.2, -0.15) is 0 Å². The van der Waals surface area contributed by atoms with E-state index in [1.165, 1.54) is 7.11 Å². The number of nitrogens with zero attached hydrogens (tertiary/aromatic N) is 4. The Morgan fingerprint density at radius 2 is 2.04 bits per heavy atom. The number of nitrogens with one attached hydrogen (secondary N) is 1. The Morgan fingerprint density at radius 3 is 2.76 bits per heavy atom. The first-order valence-electron chi connectivity index (χ1n) is 8.41. The van der Waals surface area contributed by atoms with Crippen LogP contribution in [0, 0.1) is 13.8 Å². The van der Waals surface area contributed by atoms with E-state index in [0.29, 0.717) is 11.8 Å². The van der Waals surface area contributed by atoms with Crippen LogP contribution in [0.5, 0.6) is 0 Å². The van der Waals surface area contributed by atoms with Crippen molar-refractivity contribution in [2.75, 3.05) is 25.6 Å². The van der Waals surface area contributed by atoms with Crippen molar-refractivity contribution < 1.29 is 9.53 Å². The fraction of sp³-hybridized carbons (Fsp3) is 0.444. The molecule has 2 aromatic heterocycles. The zero-order valence-corrected chi connectivity index (χ0v) is 14.8. The molecule has 1 aliphatic heterocycles. The van der Waals surface area contributed by atoms with Crippen molar-refractivity contribution >= 4 is 17.7 Å². The second kappa shape index (κ2) is 7.57. The molecule has 0 spiro atoms. The lowest BCUT2D eigenvalue weighted by Crippen LogP contribution is -2.33. The largest absolute Gasteiger partial charge is 0.375 e. The van der Waals surface area contributed by atoms with Gasteiger partial charge >= 0.3 is 0 Å². The van der Waals surface area contributed by atoms with Crippen molar-refractivity contribution in [2.45, 2.75) is 32.7 Å². The van der Waals surface area contributed by atoms with Crippen LogP contribution in [0.3, 0.4) is 0 Å². The van der Waals surface area contributed by atoms with Crippen molar-refractivity contribution in [1.82, 2.24) is 19.9 Å². The maximum absolute atomic E-state index is 12.2. The fourth-order valence-electron chi connectivity index (χ4n) is 3.18. The Bertz CT molecular complexity index is 745. The molecule has 1 fully saturated rings. The highest BCUT2D eigenvalue weighted by atomic mass is 16.5. The summed E-state index contributed by atoms with van der Waals surface area (Å²) >= 11 is 0. The zero-order valence-electron chi connectivity index (χ0n) is 14.8. The summed E-state index contributed by atoms with van der Waals surface area (Å²) in [6.07, 6.45) is 1.88. The quantitative estimate of drug-likeness (QED) is 0.900. The standard InChI is InChI=1S/C18H23N5O2/c1-12-10-13(2)20-18(19-12)22-16-8-4-6-14(21-16)15-7-5-9-23(15)17(24)11-25-3/h4,6,8,10,15H,5,7,9,11H2,1-3H3,(H,19,20,21,22). The highest BCUT2D eigenvalue weighted by Crippen LogP contribution is 2.31. The lowest BCUT2D eigenvalue weighted by molar-refractivity contribution is -0.136. The predicted octanol–water partition coefficient (Wildman–Crippen LogP) is 2.54. The van der Waals surface area contributed by atoms with E-state index >= 15 is 0 Å². The van der Waals surface area contributed by atoms with Gasteiger partial charge in [-0.25, -0.2) is 15.0 Å². The van der Waals surface area contributed by atoms with Crippen LogP contribution in [0.1, 0.15) is 36.0 Å². The minimum atomic E-state index is -0.00966. The average molecular weight is 341 g/mol. The summed E-state index contributed by atoms with van der Waals surface area (Å²) in [5, 5.41) is 3.16. The first-order valence-corrected chi connectivity index (χ1v) is 8.41. The smallest absolute Gasteiger partial charge is 0.249 e. The maximum Gasteiger partial charge on any atom is 0.249 e. The van der Waals surface area contributed by atoms with Gasteiger partial charge < -0.3 is 15.0 Å². The highest BCUT2D eigenvalue weighted by Gasteiger charge is 2.30. The summed E-state index contributed by atoms with van der Waals surface area (Å²) in [6, 6.07) is 7.68. The van der Waals surface area contributed by atoms with Crippen LogP contribution in [0.4, 0.5) is 11.8 Å². The van der Waals surface area contributed by atoms with E-state index in [2.05, 4.69) is 20.3 Å². The van der Waals surface area contributed by atoms with Gasteiger partial charge in [-0.1, -0.05) is 6.07 Å². The molecular formula is C18H23N5O2. The number of methoxy groups -OCH3 is 1. The molecular weight excluding hydrogens is 318 g/mol. The molecule has 3 heterocycles.